The van der Waals surface area contributed by atoms with E-state index in [0.29, 0.717) is 0 Å². The predicted octanol–water partition coefficient (Wildman–Crippen LogP) is 2.74. The van der Waals surface area contributed by atoms with Crippen LogP contribution >= 0.6 is 0 Å². The Morgan fingerprint density at radius 2 is 2.07 bits per heavy atom. The Balaban J connectivity index is 4.42. The van der Waals surface area contributed by atoms with Gasteiger partial charge in [0.15, 0.2) is 0 Å². The molecule has 0 aliphatic rings. The van der Waals surface area contributed by atoms with Crippen LogP contribution in [0.2, 0.25) is 0 Å². The molecule has 0 spiro atoms. The number of nitroso groups, excluding NO2 is 1. The molecule has 0 saturated heterocycles. The van der Waals surface area contributed by atoms with E-state index in [2.05, 4.69) is 36.4 Å². The van der Waals surface area contributed by atoms with Crippen LogP contribution in [0.4, 0.5) is 0 Å². The standard InChI is InChI=1S/C12H18BNO/c1-3-5-7-11(4-2)10-12(13)8-6-9-14-15/h4-8,10H,3,9,13H2,1-2H3/b7-5-,8-6+,11-4+,12-10+. The maximum Gasteiger partial charge on any atom is 0.139 e. The number of hydrogen-bond donors (Lipinski definition) is 0. The summed E-state index contributed by atoms with van der Waals surface area (Å²) in [7, 11) is 2.00. The van der Waals surface area contributed by atoms with E-state index in [9.17, 15) is 4.91 Å². The summed E-state index contributed by atoms with van der Waals surface area (Å²) in [6.07, 6.45) is 13.1. The van der Waals surface area contributed by atoms with Gasteiger partial charge in [0.05, 0.1) is 6.54 Å². The quantitative estimate of drug-likeness (QED) is 0.370. The zero-order valence-electron chi connectivity index (χ0n) is 9.73. The van der Waals surface area contributed by atoms with E-state index in [-0.39, 0.29) is 6.54 Å². The van der Waals surface area contributed by atoms with Crippen LogP contribution in [0.1, 0.15) is 20.3 Å². The molecule has 0 N–H and O–H groups in total. The average Bonchev–Trinajstić information content (AvgIpc) is 2.24. The van der Waals surface area contributed by atoms with Crippen LogP contribution < -0.4 is 0 Å². The average molecular weight is 203 g/mol. The summed E-state index contributed by atoms with van der Waals surface area (Å²) >= 11 is 0. The first-order chi connectivity index (χ1) is 7.24. The van der Waals surface area contributed by atoms with Crippen molar-refractivity contribution in [2.24, 2.45) is 5.18 Å². The largest absolute Gasteiger partial charge is 0.150 e. The summed E-state index contributed by atoms with van der Waals surface area (Å²) in [5.41, 5.74) is 2.30. The number of rotatable bonds is 6. The smallest absolute Gasteiger partial charge is 0.139 e. The molecule has 0 bridgehead atoms. The first-order valence-electron chi connectivity index (χ1n) is 5.21. The van der Waals surface area contributed by atoms with Crippen LogP contribution in [0.5, 0.6) is 0 Å². The van der Waals surface area contributed by atoms with Crippen molar-refractivity contribution in [1.29, 1.82) is 0 Å². The van der Waals surface area contributed by atoms with Crippen LogP contribution in [-0.4, -0.2) is 14.4 Å². The molecular formula is C12H18BNO. The van der Waals surface area contributed by atoms with E-state index in [1.807, 2.05) is 20.8 Å². The molecule has 0 atom stereocenters. The highest BCUT2D eigenvalue weighted by molar-refractivity contribution is 6.23. The molecule has 2 nitrogen and oxygen atoms in total. The van der Waals surface area contributed by atoms with Crippen LogP contribution in [0.15, 0.2) is 52.7 Å². The minimum Gasteiger partial charge on any atom is -0.150 e. The zero-order chi connectivity index (χ0) is 11.5. The minimum atomic E-state index is 0.237. The third-order valence-electron chi connectivity index (χ3n) is 1.83. The molecule has 0 amide bonds. The molecule has 0 aliphatic heterocycles. The third kappa shape index (κ3) is 7.68. The lowest BCUT2D eigenvalue weighted by atomic mass is 9.92. The van der Waals surface area contributed by atoms with Crippen LogP contribution in [0.25, 0.3) is 0 Å². The van der Waals surface area contributed by atoms with Crippen LogP contribution in [0, 0.1) is 4.91 Å². The molecule has 0 saturated carbocycles. The highest BCUT2D eigenvalue weighted by atomic mass is 16.3. The maximum absolute atomic E-state index is 9.86. The van der Waals surface area contributed by atoms with Gasteiger partial charge in [0, 0.05) is 0 Å². The molecule has 0 fully saturated rings. The van der Waals surface area contributed by atoms with Crippen molar-refractivity contribution in [3.63, 3.8) is 0 Å². The van der Waals surface area contributed by atoms with Gasteiger partial charge in [0.25, 0.3) is 0 Å². The van der Waals surface area contributed by atoms with Crippen molar-refractivity contribution in [3.05, 3.63) is 52.4 Å². The van der Waals surface area contributed by atoms with Crippen molar-refractivity contribution in [3.8, 4) is 0 Å². The Morgan fingerprint density at radius 3 is 2.60 bits per heavy atom. The molecule has 3 heteroatoms. The van der Waals surface area contributed by atoms with E-state index in [1.165, 1.54) is 5.57 Å². The second kappa shape index (κ2) is 9.19. The normalized spacial score (nSPS) is 14.0. The van der Waals surface area contributed by atoms with Gasteiger partial charge in [0.1, 0.15) is 7.85 Å². The van der Waals surface area contributed by atoms with Crippen LogP contribution in [0.3, 0.4) is 0 Å². The lowest BCUT2D eigenvalue weighted by Gasteiger charge is -1.95. The van der Waals surface area contributed by atoms with Gasteiger partial charge in [-0.3, -0.25) is 0 Å². The number of allylic oxidation sites excluding steroid dienone is 7. The highest BCUT2D eigenvalue weighted by Gasteiger charge is 1.86. The summed E-state index contributed by atoms with van der Waals surface area (Å²) in [6.45, 7) is 4.35. The molecular weight excluding hydrogens is 185 g/mol. The van der Waals surface area contributed by atoms with Gasteiger partial charge in [0.2, 0.25) is 0 Å². The van der Waals surface area contributed by atoms with Gasteiger partial charge in [-0.05, 0) is 18.9 Å². The van der Waals surface area contributed by atoms with Gasteiger partial charge in [-0.25, -0.2) is 0 Å². The van der Waals surface area contributed by atoms with Gasteiger partial charge in [-0.1, -0.05) is 54.0 Å². The molecule has 80 valence electrons. The van der Waals surface area contributed by atoms with Crippen molar-refractivity contribution < 1.29 is 0 Å². The Bertz CT molecular complexity index is 301. The van der Waals surface area contributed by atoms with Crippen molar-refractivity contribution in [2.45, 2.75) is 20.3 Å². The summed E-state index contributed by atoms with van der Waals surface area (Å²) in [5, 5.41) is 2.76. The fourth-order valence-electron chi connectivity index (χ4n) is 1.07. The van der Waals surface area contributed by atoms with Crippen molar-refractivity contribution in [2.75, 3.05) is 6.54 Å². The van der Waals surface area contributed by atoms with E-state index >= 15 is 0 Å². The van der Waals surface area contributed by atoms with Crippen molar-refractivity contribution in [1.82, 2.24) is 0 Å². The lowest BCUT2D eigenvalue weighted by Crippen LogP contribution is -1.80. The first kappa shape index (κ1) is 13.6. The molecule has 15 heavy (non-hydrogen) atoms. The van der Waals surface area contributed by atoms with Gasteiger partial charge in [-0.2, -0.15) is 4.91 Å². The summed E-state index contributed by atoms with van der Waals surface area (Å²) < 4.78 is 0. The monoisotopic (exact) mass is 203 g/mol. The maximum atomic E-state index is 9.86. The predicted molar refractivity (Wildman–Crippen MR) is 69.6 cm³/mol. The van der Waals surface area contributed by atoms with E-state index in [0.717, 1.165) is 11.9 Å². The Morgan fingerprint density at radius 1 is 1.33 bits per heavy atom. The van der Waals surface area contributed by atoms with Crippen molar-refractivity contribution >= 4 is 7.85 Å². The summed E-state index contributed by atoms with van der Waals surface area (Å²) in [6, 6.07) is 0. The fraction of sp³-hybridized carbons (Fsp3) is 0.333. The minimum absolute atomic E-state index is 0.237. The molecule has 0 aromatic carbocycles. The second-order valence-corrected chi connectivity index (χ2v) is 3.20. The molecule has 0 aliphatic carbocycles. The SMILES string of the molecule is BC(=C/C(/C=C\CC)=C/C)/C=C/CN=O. The zero-order valence-corrected chi connectivity index (χ0v) is 9.73. The molecule has 0 aromatic heterocycles. The van der Waals surface area contributed by atoms with E-state index in [4.69, 9.17) is 0 Å². The third-order valence-corrected chi connectivity index (χ3v) is 1.83. The van der Waals surface area contributed by atoms with Gasteiger partial charge < -0.3 is 0 Å². The van der Waals surface area contributed by atoms with Crippen LogP contribution in [-0.2, 0) is 0 Å². The molecule has 0 radical (unpaired) electrons. The fourth-order valence-corrected chi connectivity index (χ4v) is 1.07. The molecule has 0 aromatic rings. The summed E-state index contributed by atoms with van der Waals surface area (Å²) in [4.78, 5) is 9.86. The Kier molecular flexibility index (Phi) is 8.35. The summed E-state index contributed by atoms with van der Waals surface area (Å²) in [5.74, 6) is 0. The van der Waals surface area contributed by atoms with Gasteiger partial charge >= 0.3 is 0 Å². The van der Waals surface area contributed by atoms with E-state index in [1.54, 1.807) is 6.08 Å². The van der Waals surface area contributed by atoms with Gasteiger partial charge in [-0.15, -0.1) is 0 Å². The Labute approximate surface area is 92.8 Å². The number of nitrogens with zero attached hydrogens (tertiary/aromatic N) is 1. The molecule has 0 rings (SSSR count). The Hall–Kier alpha value is -1.38. The first-order valence-corrected chi connectivity index (χ1v) is 5.21. The topological polar surface area (TPSA) is 29.4 Å². The van der Waals surface area contributed by atoms with E-state index < -0.39 is 0 Å². The molecule has 0 unspecified atom stereocenters. The lowest BCUT2D eigenvalue weighted by molar-refractivity contribution is 1.22. The number of hydrogen-bond acceptors (Lipinski definition) is 2. The second-order valence-electron chi connectivity index (χ2n) is 3.20. The highest BCUT2D eigenvalue weighted by Crippen LogP contribution is 2.04. The molecule has 0 heterocycles.